The van der Waals surface area contributed by atoms with E-state index in [1.807, 2.05) is 0 Å². The van der Waals surface area contributed by atoms with Crippen LogP contribution in [0.15, 0.2) is 22.8 Å². The highest BCUT2D eigenvalue weighted by molar-refractivity contribution is 5.83. The Labute approximate surface area is 110 Å². The fraction of sp³-hybridized carbons (Fsp3) is 0.500. The molecule has 1 aromatic heterocycles. The van der Waals surface area contributed by atoms with Gasteiger partial charge in [0.1, 0.15) is 5.76 Å². The van der Waals surface area contributed by atoms with Gasteiger partial charge in [0.25, 0.3) is 0 Å². The zero-order chi connectivity index (χ0) is 14.4. The van der Waals surface area contributed by atoms with Gasteiger partial charge in [-0.3, -0.25) is 0 Å². The fourth-order valence-corrected chi connectivity index (χ4v) is 1.58. The van der Waals surface area contributed by atoms with E-state index in [-0.39, 0.29) is 6.04 Å². The molecule has 1 rings (SSSR count). The highest BCUT2D eigenvalue weighted by Gasteiger charge is 2.25. The molecule has 1 heterocycles. The Kier molecular flexibility index (Phi) is 5.37. The Balaban J connectivity index is 2.43. The lowest BCUT2D eigenvalue weighted by Crippen LogP contribution is -2.52. The molecule has 0 bridgehead atoms. The van der Waals surface area contributed by atoms with E-state index in [0.29, 0.717) is 6.42 Å². The number of amides is 2. The Bertz CT molecular complexity index is 416. The van der Waals surface area contributed by atoms with E-state index in [1.165, 1.54) is 13.2 Å². The van der Waals surface area contributed by atoms with Crippen LogP contribution in [0, 0.1) is 0 Å². The van der Waals surface area contributed by atoms with Crippen LogP contribution in [0.25, 0.3) is 0 Å². The number of hydrogen-bond donors (Lipinski definition) is 4. The van der Waals surface area contributed by atoms with E-state index in [2.05, 4.69) is 10.6 Å². The number of furan rings is 1. The number of nitrogens with one attached hydrogen (secondary N) is 2. The summed E-state index contributed by atoms with van der Waals surface area (Å²) in [5.41, 5.74) is 0. The SMILES string of the molecule is CC(Cc1ccco1)NC(=O)N[C@H](C(=O)O)[C@@H](C)O. The number of aliphatic hydroxyl groups is 1. The standard InChI is InChI=1S/C12H18N2O5/c1-7(6-9-4-3-5-19-9)13-12(18)14-10(8(2)15)11(16)17/h3-5,7-8,10,15H,6H2,1-2H3,(H,16,17)(H2,13,14,18)/t7?,8-,10+/m1/s1. The molecule has 0 saturated heterocycles. The maximum absolute atomic E-state index is 11.6. The summed E-state index contributed by atoms with van der Waals surface area (Å²) < 4.78 is 5.14. The van der Waals surface area contributed by atoms with Gasteiger partial charge in [-0.1, -0.05) is 0 Å². The van der Waals surface area contributed by atoms with Crippen molar-refractivity contribution in [1.29, 1.82) is 0 Å². The van der Waals surface area contributed by atoms with Crippen LogP contribution in [0.1, 0.15) is 19.6 Å². The van der Waals surface area contributed by atoms with Crippen LogP contribution >= 0.6 is 0 Å². The molecule has 0 saturated carbocycles. The van der Waals surface area contributed by atoms with E-state index in [1.54, 1.807) is 19.1 Å². The molecule has 0 spiro atoms. The molecule has 2 amide bonds. The lowest BCUT2D eigenvalue weighted by Gasteiger charge is -2.19. The van der Waals surface area contributed by atoms with Crippen molar-refractivity contribution in [3.8, 4) is 0 Å². The molecule has 0 aliphatic rings. The molecule has 0 aliphatic heterocycles. The number of rotatable bonds is 6. The monoisotopic (exact) mass is 270 g/mol. The van der Waals surface area contributed by atoms with E-state index < -0.39 is 24.1 Å². The van der Waals surface area contributed by atoms with Crippen molar-refractivity contribution in [3.63, 3.8) is 0 Å². The molecule has 19 heavy (non-hydrogen) atoms. The minimum absolute atomic E-state index is 0.227. The number of carbonyl (C=O) groups is 2. The highest BCUT2D eigenvalue weighted by atomic mass is 16.4. The first-order valence-electron chi connectivity index (χ1n) is 5.90. The van der Waals surface area contributed by atoms with E-state index in [0.717, 1.165) is 5.76 Å². The first-order valence-corrected chi connectivity index (χ1v) is 5.90. The van der Waals surface area contributed by atoms with Gasteiger partial charge in [-0.05, 0) is 26.0 Å². The Morgan fingerprint density at radius 1 is 1.37 bits per heavy atom. The van der Waals surface area contributed by atoms with Gasteiger partial charge in [-0.25, -0.2) is 9.59 Å². The third kappa shape index (κ3) is 5.01. The van der Waals surface area contributed by atoms with Crippen molar-refractivity contribution < 1.29 is 24.2 Å². The van der Waals surface area contributed by atoms with Crippen molar-refractivity contribution in [2.45, 2.75) is 38.5 Å². The molecule has 1 aromatic rings. The summed E-state index contributed by atoms with van der Waals surface area (Å²) in [6, 6.07) is 1.32. The Hall–Kier alpha value is -2.02. The lowest BCUT2D eigenvalue weighted by molar-refractivity contribution is -0.141. The van der Waals surface area contributed by atoms with E-state index >= 15 is 0 Å². The average molecular weight is 270 g/mol. The van der Waals surface area contributed by atoms with Gasteiger partial charge < -0.3 is 25.3 Å². The number of aliphatic hydroxyl groups excluding tert-OH is 1. The van der Waals surface area contributed by atoms with Gasteiger partial charge in [0, 0.05) is 12.5 Å². The van der Waals surface area contributed by atoms with Crippen LogP contribution in [0.5, 0.6) is 0 Å². The summed E-state index contributed by atoms with van der Waals surface area (Å²) in [7, 11) is 0. The van der Waals surface area contributed by atoms with Gasteiger partial charge in [-0.2, -0.15) is 0 Å². The van der Waals surface area contributed by atoms with Crippen molar-refractivity contribution >= 4 is 12.0 Å². The number of aliphatic carboxylic acids is 1. The highest BCUT2D eigenvalue weighted by Crippen LogP contribution is 2.03. The summed E-state index contributed by atoms with van der Waals surface area (Å²) in [6.45, 7) is 3.06. The summed E-state index contributed by atoms with van der Waals surface area (Å²) in [5, 5.41) is 22.8. The molecule has 4 N–H and O–H groups in total. The van der Waals surface area contributed by atoms with Gasteiger partial charge >= 0.3 is 12.0 Å². The fourth-order valence-electron chi connectivity index (χ4n) is 1.58. The number of hydrogen-bond acceptors (Lipinski definition) is 4. The second-order valence-electron chi connectivity index (χ2n) is 4.36. The molecule has 0 aliphatic carbocycles. The Morgan fingerprint density at radius 3 is 2.53 bits per heavy atom. The molecule has 0 fully saturated rings. The molecule has 7 nitrogen and oxygen atoms in total. The molecular weight excluding hydrogens is 252 g/mol. The predicted octanol–water partition coefficient (Wildman–Crippen LogP) is 0.344. The lowest BCUT2D eigenvalue weighted by atomic mass is 10.2. The third-order valence-corrected chi connectivity index (χ3v) is 2.50. The van der Waals surface area contributed by atoms with Gasteiger partial charge in [-0.15, -0.1) is 0 Å². The maximum atomic E-state index is 11.6. The summed E-state index contributed by atoms with van der Waals surface area (Å²) in [4.78, 5) is 22.4. The van der Waals surface area contributed by atoms with E-state index in [9.17, 15) is 14.7 Å². The minimum atomic E-state index is -1.34. The Morgan fingerprint density at radius 2 is 2.05 bits per heavy atom. The van der Waals surface area contributed by atoms with Crippen LogP contribution in [0.2, 0.25) is 0 Å². The van der Waals surface area contributed by atoms with Crippen LogP contribution in [0.3, 0.4) is 0 Å². The second kappa shape index (κ2) is 6.79. The second-order valence-corrected chi connectivity index (χ2v) is 4.36. The molecule has 7 heteroatoms. The number of carbonyl (C=O) groups excluding carboxylic acids is 1. The maximum Gasteiger partial charge on any atom is 0.328 e. The van der Waals surface area contributed by atoms with E-state index in [4.69, 9.17) is 9.52 Å². The largest absolute Gasteiger partial charge is 0.480 e. The van der Waals surface area contributed by atoms with Gasteiger partial charge in [0.15, 0.2) is 6.04 Å². The normalized spacial score (nSPS) is 15.3. The smallest absolute Gasteiger partial charge is 0.328 e. The molecular formula is C12H18N2O5. The van der Waals surface area contributed by atoms with Gasteiger partial charge in [0.05, 0.1) is 12.4 Å². The van der Waals surface area contributed by atoms with Gasteiger partial charge in [0.2, 0.25) is 0 Å². The topological polar surface area (TPSA) is 112 Å². The summed E-state index contributed by atoms with van der Waals surface area (Å²) in [5.74, 6) is -0.568. The van der Waals surface area contributed by atoms with Crippen LogP contribution < -0.4 is 10.6 Å². The number of urea groups is 1. The molecule has 0 aromatic carbocycles. The van der Waals surface area contributed by atoms with Crippen molar-refractivity contribution in [2.24, 2.45) is 0 Å². The van der Waals surface area contributed by atoms with Crippen LogP contribution in [-0.2, 0) is 11.2 Å². The molecule has 3 atom stereocenters. The average Bonchev–Trinajstić information content (AvgIpc) is 2.77. The quantitative estimate of drug-likeness (QED) is 0.595. The van der Waals surface area contributed by atoms with Crippen LogP contribution in [0.4, 0.5) is 4.79 Å². The number of carboxylic acid groups (broad SMARTS) is 1. The summed E-state index contributed by atoms with van der Waals surface area (Å²) in [6.07, 6.45) is 0.853. The summed E-state index contributed by atoms with van der Waals surface area (Å²) >= 11 is 0. The predicted molar refractivity (Wildman–Crippen MR) is 66.6 cm³/mol. The van der Waals surface area contributed by atoms with Crippen molar-refractivity contribution in [3.05, 3.63) is 24.2 Å². The van der Waals surface area contributed by atoms with Crippen molar-refractivity contribution in [1.82, 2.24) is 10.6 Å². The molecule has 1 unspecified atom stereocenters. The molecule has 106 valence electrons. The first kappa shape index (κ1) is 15.0. The first-order chi connectivity index (χ1) is 8.90. The number of carboxylic acids is 1. The molecule has 0 radical (unpaired) electrons. The zero-order valence-electron chi connectivity index (χ0n) is 10.8. The van der Waals surface area contributed by atoms with Crippen molar-refractivity contribution in [2.75, 3.05) is 0 Å². The zero-order valence-corrected chi connectivity index (χ0v) is 10.8. The van der Waals surface area contributed by atoms with Crippen LogP contribution in [-0.4, -0.2) is 40.4 Å². The third-order valence-electron chi connectivity index (χ3n) is 2.50. The minimum Gasteiger partial charge on any atom is -0.480 e.